The quantitative estimate of drug-likeness (QED) is 0.108. The van der Waals surface area contributed by atoms with Crippen molar-refractivity contribution in [2.75, 3.05) is 17.2 Å². The van der Waals surface area contributed by atoms with Gasteiger partial charge in [0.25, 0.3) is 5.69 Å². The number of aromatic nitrogens is 4. The predicted molar refractivity (Wildman–Crippen MR) is 160 cm³/mol. The van der Waals surface area contributed by atoms with Crippen LogP contribution < -0.4 is 19.3 Å². The van der Waals surface area contributed by atoms with Crippen LogP contribution in [0.3, 0.4) is 0 Å². The minimum Gasteiger partial charge on any atom is -0.455 e. The van der Waals surface area contributed by atoms with Gasteiger partial charge in [0.15, 0.2) is 11.5 Å². The highest BCUT2D eigenvalue weighted by Gasteiger charge is 2.25. The van der Waals surface area contributed by atoms with Gasteiger partial charge in [0, 0.05) is 41.2 Å². The number of hydrogen-bond donors (Lipinski definition) is 5. The maximum atomic E-state index is 13.5. The molecule has 3 heterocycles. The average Bonchev–Trinajstić information content (AvgIpc) is 3.38. The van der Waals surface area contributed by atoms with Crippen molar-refractivity contribution in [3.63, 3.8) is 0 Å². The third kappa shape index (κ3) is 5.87. The monoisotopic (exact) mass is 591 g/mol. The molecule has 0 saturated carbocycles. The van der Waals surface area contributed by atoms with E-state index >= 15 is 0 Å². The molecule has 0 bridgehead atoms. The molecule has 1 amide bonds. The Morgan fingerprint density at radius 3 is 2.71 bits per heavy atom. The van der Waals surface area contributed by atoms with E-state index in [1.54, 1.807) is 60.8 Å². The first kappa shape index (κ1) is 28.1. The highest BCUT2D eigenvalue weighted by atomic mass is 35.5. The number of nitrogens with zero attached hydrogens (tertiary/aromatic N) is 3. The fourth-order valence-corrected chi connectivity index (χ4v) is 4.77. The summed E-state index contributed by atoms with van der Waals surface area (Å²) in [7, 11) is 0. The van der Waals surface area contributed by atoms with Gasteiger partial charge in [-0.1, -0.05) is 24.3 Å². The number of H-pyrrole nitrogens is 1. The van der Waals surface area contributed by atoms with Crippen molar-refractivity contribution in [3.05, 3.63) is 95.5 Å². The number of halogens is 2. The Morgan fingerprint density at radius 1 is 1.22 bits per heavy atom. The first-order valence-corrected chi connectivity index (χ1v) is 13.2. The summed E-state index contributed by atoms with van der Waals surface area (Å²) in [6.45, 7) is 5.56. The third-order valence-corrected chi connectivity index (χ3v) is 6.91. The second-order valence-corrected chi connectivity index (χ2v) is 9.89. The molecule has 12 heteroatoms. The molecule has 2 aromatic carbocycles. The number of thiol groups is 1. The SMILES string of the molecule is C=Cc1ccc(C(=O)Nc2ccc(Oc3ccnc4[nH]nc(N[C@H](C)CO)c34)c(Cl)c2)[n+](S)c1-c1ccc(F)cc1. The fraction of sp³-hybridized carbons (Fsp3) is 0.103. The number of carbonyl (C=O) groups is 1. The lowest BCUT2D eigenvalue weighted by Gasteiger charge is -2.13. The Morgan fingerprint density at radius 2 is 2.00 bits per heavy atom. The Kier molecular flexibility index (Phi) is 8.20. The molecule has 4 N–H and O–H groups in total. The number of aliphatic hydroxyl groups is 1. The molecule has 3 aromatic heterocycles. The number of carbonyl (C=O) groups excluding carboxylic acids is 1. The van der Waals surface area contributed by atoms with Gasteiger partial charge in [0.1, 0.15) is 35.5 Å². The second kappa shape index (κ2) is 12.0. The van der Waals surface area contributed by atoms with Crippen LogP contribution in [-0.2, 0) is 0 Å². The number of fused-ring (bicyclic) bond motifs is 1. The van der Waals surface area contributed by atoms with Crippen molar-refractivity contribution in [1.29, 1.82) is 0 Å². The molecule has 0 radical (unpaired) electrons. The molecule has 0 aliphatic heterocycles. The van der Waals surface area contributed by atoms with E-state index in [1.165, 1.54) is 16.1 Å². The van der Waals surface area contributed by atoms with Crippen molar-refractivity contribution in [1.82, 2.24) is 15.2 Å². The molecule has 0 saturated heterocycles. The Balaban J connectivity index is 1.39. The van der Waals surface area contributed by atoms with E-state index in [1.807, 2.05) is 6.92 Å². The van der Waals surface area contributed by atoms with Crippen molar-refractivity contribution < 1.29 is 23.0 Å². The zero-order valence-electron chi connectivity index (χ0n) is 21.7. The minimum atomic E-state index is -0.438. The number of nitrogens with one attached hydrogen (secondary N) is 3. The van der Waals surface area contributed by atoms with Gasteiger partial charge in [-0.25, -0.2) is 9.37 Å². The van der Waals surface area contributed by atoms with Crippen LogP contribution in [0.5, 0.6) is 11.5 Å². The summed E-state index contributed by atoms with van der Waals surface area (Å²) in [6.07, 6.45) is 3.21. The van der Waals surface area contributed by atoms with E-state index in [9.17, 15) is 14.3 Å². The van der Waals surface area contributed by atoms with Crippen LogP contribution in [0.2, 0.25) is 5.02 Å². The van der Waals surface area contributed by atoms with Gasteiger partial charge < -0.3 is 20.5 Å². The van der Waals surface area contributed by atoms with Crippen LogP contribution >= 0.6 is 24.4 Å². The van der Waals surface area contributed by atoms with Crippen LogP contribution in [0.1, 0.15) is 23.0 Å². The molecular weight excluding hydrogens is 567 g/mol. The molecule has 5 aromatic rings. The third-order valence-electron chi connectivity index (χ3n) is 6.19. The highest BCUT2D eigenvalue weighted by Crippen LogP contribution is 2.37. The average molecular weight is 592 g/mol. The van der Waals surface area contributed by atoms with Gasteiger partial charge in [0.2, 0.25) is 5.69 Å². The number of aromatic amines is 1. The van der Waals surface area contributed by atoms with Crippen molar-refractivity contribution in [2.24, 2.45) is 0 Å². The van der Waals surface area contributed by atoms with Crippen LogP contribution in [0.15, 0.2) is 73.4 Å². The molecule has 0 aliphatic carbocycles. The Labute approximate surface area is 245 Å². The van der Waals surface area contributed by atoms with Gasteiger partial charge in [0.05, 0.1) is 11.6 Å². The van der Waals surface area contributed by atoms with Crippen molar-refractivity contribution in [2.45, 2.75) is 13.0 Å². The largest absolute Gasteiger partial charge is 0.455 e. The van der Waals surface area contributed by atoms with Gasteiger partial charge in [-0.05, 0) is 55.5 Å². The van der Waals surface area contributed by atoms with Crippen molar-refractivity contribution in [3.8, 4) is 22.8 Å². The zero-order valence-corrected chi connectivity index (χ0v) is 23.4. The Bertz CT molecular complexity index is 1760. The van der Waals surface area contributed by atoms with E-state index in [0.717, 1.165) is 5.56 Å². The van der Waals surface area contributed by atoms with Gasteiger partial charge in [-0.15, -0.1) is 3.97 Å². The zero-order chi connectivity index (χ0) is 29.1. The first-order valence-electron chi connectivity index (χ1n) is 12.4. The lowest BCUT2D eigenvalue weighted by molar-refractivity contribution is -0.479. The fourth-order valence-electron chi connectivity index (χ4n) is 4.16. The molecular formula is C29H25ClFN6O3S+. The molecule has 208 valence electrons. The molecule has 0 unspecified atom stereocenters. The van der Waals surface area contributed by atoms with E-state index in [-0.39, 0.29) is 29.2 Å². The first-order chi connectivity index (χ1) is 19.8. The molecule has 5 rings (SSSR count). The number of anilines is 2. The topological polar surface area (TPSA) is 116 Å². The summed E-state index contributed by atoms with van der Waals surface area (Å²) in [6, 6.07) is 15.5. The molecule has 0 aliphatic rings. The van der Waals surface area contributed by atoms with Crippen molar-refractivity contribution >= 4 is 58.9 Å². The summed E-state index contributed by atoms with van der Waals surface area (Å²) < 4.78 is 21.0. The van der Waals surface area contributed by atoms with Gasteiger partial charge in [-0.2, -0.15) is 5.10 Å². The van der Waals surface area contributed by atoms with E-state index in [4.69, 9.17) is 16.3 Å². The van der Waals surface area contributed by atoms with Crippen LogP contribution in [0.25, 0.3) is 28.4 Å². The number of rotatable bonds is 9. The van der Waals surface area contributed by atoms with E-state index in [2.05, 4.69) is 45.2 Å². The number of aliphatic hydroxyl groups excluding tert-OH is 1. The minimum absolute atomic E-state index is 0.0804. The van der Waals surface area contributed by atoms with E-state index < -0.39 is 5.91 Å². The number of pyridine rings is 2. The number of benzene rings is 2. The van der Waals surface area contributed by atoms with E-state index in [0.29, 0.717) is 45.3 Å². The van der Waals surface area contributed by atoms with Crippen LogP contribution in [0.4, 0.5) is 15.9 Å². The summed E-state index contributed by atoms with van der Waals surface area (Å²) in [4.78, 5) is 17.5. The van der Waals surface area contributed by atoms with Crippen LogP contribution in [0, 0.1) is 5.82 Å². The molecule has 0 spiro atoms. The number of ether oxygens (including phenoxy) is 1. The number of amides is 1. The maximum Gasteiger partial charge on any atom is 0.321 e. The number of hydrogen-bond acceptors (Lipinski definition) is 7. The normalized spacial score (nSPS) is 11.7. The second-order valence-electron chi connectivity index (χ2n) is 9.08. The molecule has 0 fully saturated rings. The maximum absolute atomic E-state index is 13.5. The lowest BCUT2D eigenvalue weighted by atomic mass is 10.0. The molecule has 1 atom stereocenters. The molecule has 41 heavy (non-hydrogen) atoms. The molecule has 9 nitrogen and oxygen atoms in total. The summed E-state index contributed by atoms with van der Waals surface area (Å²) in [5.41, 5.74) is 3.15. The van der Waals surface area contributed by atoms with Gasteiger partial charge in [-0.3, -0.25) is 9.89 Å². The highest BCUT2D eigenvalue weighted by molar-refractivity contribution is 7.73. The van der Waals surface area contributed by atoms with Crippen LogP contribution in [-0.4, -0.2) is 38.8 Å². The standard InChI is InChI=1S/C29H24ClFN6O3S/c1-3-17-6-10-22(37(41)26(17)18-4-7-19(31)8-5-18)29(39)34-20-9-11-23(21(30)14-20)40-24-12-13-32-27-25(24)28(36-35-27)33-16(2)15-38/h3-14,16,34,38-39,41H,1,15H2,2H3/p+1/t16-/m1/s1. The Hall–Kier alpha value is -4.45. The summed E-state index contributed by atoms with van der Waals surface area (Å²) >= 11 is 11.1. The summed E-state index contributed by atoms with van der Waals surface area (Å²) in [5, 5.41) is 23.3. The summed E-state index contributed by atoms with van der Waals surface area (Å²) in [5.74, 6) is 0.461. The predicted octanol–water partition coefficient (Wildman–Crippen LogP) is 5.88. The smallest absolute Gasteiger partial charge is 0.321 e. The lowest BCUT2D eigenvalue weighted by Crippen LogP contribution is -2.36. The van der Waals surface area contributed by atoms with Gasteiger partial charge >= 0.3 is 5.91 Å².